The molecular weight excluding hydrogens is 431 g/mol. The highest BCUT2D eigenvalue weighted by atomic mass is 32.1. The van der Waals surface area contributed by atoms with Gasteiger partial charge < -0.3 is 15.0 Å². The van der Waals surface area contributed by atoms with Crippen LogP contribution in [0.5, 0.6) is 0 Å². The number of nitriles is 3. The van der Waals surface area contributed by atoms with Crippen LogP contribution in [0.25, 0.3) is 0 Å². The Balaban J connectivity index is 1.66. The number of benzene rings is 1. The van der Waals surface area contributed by atoms with E-state index in [0.717, 1.165) is 0 Å². The summed E-state index contributed by atoms with van der Waals surface area (Å²) in [6.07, 6.45) is 0.164. The van der Waals surface area contributed by atoms with Crippen LogP contribution in [0.3, 0.4) is 0 Å². The summed E-state index contributed by atoms with van der Waals surface area (Å²) < 4.78 is 20.3. The summed E-state index contributed by atoms with van der Waals surface area (Å²) in [6.45, 7) is 3.30. The van der Waals surface area contributed by atoms with Crippen LogP contribution in [-0.4, -0.2) is 43.4 Å². The number of carbonyl (C=O) groups excluding carboxylic acids is 1. The van der Waals surface area contributed by atoms with E-state index in [1.165, 1.54) is 11.0 Å². The van der Waals surface area contributed by atoms with Crippen LogP contribution in [0.4, 0.5) is 20.6 Å². The maximum Gasteiger partial charge on any atom is 0.414 e. The molecule has 1 atom stereocenters. The average Bonchev–Trinajstić information content (AvgIpc) is 3.17. The third kappa shape index (κ3) is 5.07. The largest absolute Gasteiger partial charge is 0.442 e. The molecule has 1 aromatic carbocycles. The highest BCUT2D eigenvalue weighted by Gasteiger charge is 2.38. The first kappa shape index (κ1) is 23.2. The Labute approximate surface area is 191 Å². The monoisotopic (exact) mass is 454 g/mol. The van der Waals surface area contributed by atoms with Gasteiger partial charge in [0.1, 0.15) is 17.8 Å². The van der Waals surface area contributed by atoms with Gasteiger partial charge in [-0.25, -0.2) is 9.18 Å². The third-order valence-corrected chi connectivity index (χ3v) is 6.04. The van der Waals surface area contributed by atoms with Crippen molar-refractivity contribution in [3.63, 3.8) is 0 Å². The number of carbonyl (C=O) groups is 1. The Morgan fingerprint density at radius 3 is 2.59 bits per heavy atom. The minimum absolute atomic E-state index is 0.196. The second-order valence-corrected chi connectivity index (χ2v) is 8.70. The molecule has 2 heterocycles. The Bertz CT molecular complexity index is 1000. The van der Waals surface area contributed by atoms with Gasteiger partial charge in [-0.05, 0) is 44.4 Å². The fourth-order valence-electron chi connectivity index (χ4n) is 4.06. The van der Waals surface area contributed by atoms with Gasteiger partial charge in [0.15, 0.2) is 0 Å². The molecule has 2 fully saturated rings. The van der Waals surface area contributed by atoms with E-state index in [2.05, 4.69) is 11.4 Å². The number of ether oxygens (including phenoxy) is 1. The maximum atomic E-state index is 15.0. The number of amides is 1. The summed E-state index contributed by atoms with van der Waals surface area (Å²) in [4.78, 5) is 16.0. The molecule has 166 valence electrons. The molecule has 0 radical (unpaired) electrons. The summed E-state index contributed by atoms with van der Waals surface area (Å²) in [6, 6.07) is 10.7. The lowest BCUT2D eigenvalue weighted by molar-refractivity contribution is 0.143. The van der Waals surface area contributed by atoms with Gasteiger partial charge in [-0.1, -0.05) is 12.2 Å². The number of hydrogen-bond donors (Lipinski definition) is 1. The number of thiocarbonyl (C=S) groups is 1. The van der Waals surface area contributed by atoms with Crippen LogP contribution in [0.15, 0.2) is 18.2 Å². The van der Waals surface area contributed by atoms with Gasteiger partial charge in [0.05, 0.1) is 53.1 Å². The highest BCUT2D eigenvalue weighted by molar-refractivity contribution is 7.80. The first-order chi connectivity index (χ1) is 15.3. The molecule has 0 saturated carbocycles. The fraction of sp³-hybridized carbons (Fsp3) is 0.500. The van der Waals surface area contributed by atoms with Gasteiger partial charge in [0, 0.05) is 13.1 Å². The zero-order valence-corrected chi connectivity index (χ0v) is 18.5. The molecule has 2 aliphatic heterocycles. The van der Waals surface area contributed by atoms with Crippen molar-refractivity contribution in [1.82, 2.24) is 5.32 Å². The Kier molecular flexibility index (Phi) is 7.12. The number of anilines is 2. The molecule has 0 aromatic heterocycles. The zero-order chi connectivity index (χ0) is 23.3. The van der Waals surface area contributed by atoms with E-state index in [4.69, 9.17) is 27.5 Å². The summed E-state index contributed by atoms with van der Waals surface area (Å²) in [5.41, 5.74) is 0.0401. The molecule has 2 saturated heterocycles. The molecule has 1 unspecified atom stereocenters. The van der Waals surface area contributed by atoms with Gasteiger partial charge in [0.25, 0.3) is 0 Å². The molecule has 0 spiro atoms. The van der Waals surface area contributed by atoms with Crippen molar-refractivity contribution in [3.05, 3.63) is 24.0 Å². The van der Waals surface area contributed by atoms with Crippen molar-refractivity contribution in [2.24, 2.45) is 11.3 Å². The van der Waals surface area contributed by atoms with Gasteiger partial charge in [-0.2, -0.15) is 15.8 Å². The second-order valence-electron chi connectivity index (χ2n) is 8.08. The molecule has 3 rings (SSSR count). The number of nitrogens with zero attached hydrogens (tertiary/aromatic N) is 5. The molecule has 32 heavy (non-hydrogen) atoms. The second kappa shape index (κ2) is 9.80. The van der Waals surface area contributed by atoms with Gasteiger partial charge in [0.2, 0.25) is 0 Å². The number of cyclic esters (lactones) is 1. The first-order valence-corrected chi connectivity index (χ1v) is 10.7. The Hall–Kier alpha value is -3.42. The minimum Gasteiger partial charge on any atom is -0.442 e. The number of nitrogens with one attached hydrogen (secondary N) is 1. The van der Waals surface area contributed by atoms with Crippen LogP contribution in [0, 0.1) is 51.1 Å². The third-order valence-electron chi connectivity index (χ3n) is 5.90. The van der Waals surface area contributed by atoms with E-state index in [0.29, 0.717) is 55.4 Å². The fourth-order valence-corrected chi connectivity index (χ4v) is 4.15. The Morgan fingerprint density at radius 1 is 1.34 bits per heavy atom. The Morgan fingerprint density at radius 2 is 2.03 bits per heavy atom. The number of halogens is 1. The number of hydrogen-bond acceptors (Lipinski definition) is 7. The summed E-state index contributed by atoms with van der Waals surface area (Å²) in [5.74, 6) is -1.30. The van der Waals surface area contributed by atoms with Gasteiger partial charge >= 0.3 is 6.09 Å². The lowest BCUT2D eigenvalue weighted by Gasteiger charge is -2.38. The standard InChI is InChI=1S/C22H23FN6O2S/c1-15(32)27-12-18-13-29(21(30)31-18)17-2-3-20(19(23)8-17)28-6-4-22(14-26,5-7-28)9-16(10-24)11-25/h2-3,8,16,18H,4-7,9,12-13H2,1H3,(H,27,32). The van der Waals surface area contributed by atoms with E-state index >= 15 is 0 Å². The predicted molar refractivity (Wildman–Crippen MR) is 119 cm³/mol. The molecule has 0 aliphatic carbocycles. The molecular formula is C22H23FN6O2S. The van der Waals surface area contributed by atoms with Crippen molar-refractivity contribution in [2.45, 2.75) is 32.3 Å². The smallest absolute Gasteiger partial charge is 0.414 e. The zero-order valence-electron chi connectivity index (χ0n) is 17.7. The van der Waals surface area contributed by atoms with Crippen LogP contribution < -0.4 is 15.1 Å². The number of rotatable bonds is 6. The molecule has 1 N–H and O–H groups in total. The lowest BCUT2D eigenvalue weighted by atomic mass is 9.73. The van der Waals surface area contributed by atoms with Crippen LogP contribution >= 0.6 is 12.2 Å². The summed E-state index contributed by atoms with van der Waals surface area (Å²) in [5, 5.41) is 30.7. The predicted octanol–water partition coefficient (Wildman–Crippen LogP) is 3.25. The summed E-state index contributed by atoms with van der Waals surface area (Å²) >= 11 is 4.96. The van der Waals surface area contributed by atoms with Crippen molar-refractivity contribution in [2.75, 3.05) is 36.0 Å². The van der Waals surface area contributed by atoms with E-state index in [9.17, 15) is 14.4 Å². The van der Waals surface area contributed by atoms with Gasteiger partial charge in [-0.15, -0.1) is 0 Å². The topological polar surface area (TPSA) is 116 Å². The first-order valence-electron chi connectivity index (χ1n) is 10.3. The van der Waals surface area contributed by atoms with Gasteiger partial charge in [-0.3, -0.25) is 4.90 Å². The van der Waals surface area contributed by atoms with E-state index < -0.39 is 23.2 Å². The van der Waals surface area contributed by atoms with Crippen molar-refractivity contribution >= 4 is 34.7 Å². The quantitative estimate of drug-likeness (QED) is 0.651. The summed E-state index contributed by atoms with van der Waals surface area (Å²) in [7, 11) is 0. The number of piperidine rings is 1. The van der Waals surface area contributed by atoms with Crippen LogP contribution in [-0.2, 0) is 4.74 Å². The normalized spacial score (nSPS) is 19.6. The molecule has 8 nitrogen and oxygen atoms in total. The maximum absolute atomic E-state index is 15.0. The molecule has 1 aromatic rings. The van der Waals surface area contributed by atoms with E-state index in [1.54, 1.807) is 19.1 Å². The minimum atomic E-state index is -0.829. The SMILES string of the molecule is CC(=S)NCC1CN(c2ccc(N3CCC(C#N)(CC(C#N)C#N)CC3)c(F)c2)C(=O)O1. The van der Waals surface area contributed by atoms with Crippen LogP contribution in [0.1, 0.15) is 26.2 Å². The molecule has 1 amide bonds. The van der Waals surface area contributed by atoms with Crippen molar-refractivity contribution in [1.29, 1.82) is 15.8 Å². The van der Waals surface area contributed by atoms with E-state index in [-0.39, 0.29) is 12.5 Å². The average molecular weight is 455 g/mol. The molecule has 0 bridgehead atoms. The van der Waals surface area contributed by atoms with Crippen molar-refractivity contribution in [3.8, 4) is 18.2 Å². The van der Waals surface area contributed by atoms with E-state index in [1.807, 2.05) is 17.0 Å². The van der Waals surface area contributed by atoms with Crippen molar-refractivity contribution < 1.29 is 13.9 Å². The lowest BCUT2D eigenvalue weighted by Crippen LogP contribution is -2.40. The van der Waals surface area contributed by atoms with Crippen LogP contribution in [0.2, 0.25) is 0 Å². The highest BCUT2D eigenvalue weighted by Crippen LogP contribution is 2.39. The molecule has 2 aliphatic rings. The molecule has 10 heteroatoms.